The largest absolute Gasteiger partial charge is 0.466 e. The van der Waals surface area contributed by atoms with E-state index in [1.165, 1.54) is 302 Å². The van der Waals surface area contributed by atoms with E-state index in [4.69, 9.17) is 4.74 Å². The van der Waals surface area contributed by atoms with Gasteiger partial charge in [0.25, 0.3) is 0 Å². The van der Waals surface area contributed by atoms with Gasteiger partial charge in [0.15, 0.2) is 0 Å². The van der Waals surface area contributed by atoms with E-state index in [0.717, 1.165) is 44.9 Å². The lowest BCUT2D eigenvalue weighted by atomic mass is 10.0. The summed E-state index contributed by atoms with van der Waals surface area (Å²) in [7, 11) is 0. The van der Waals surface area contributed by atoms with Crippen molar-refractivity contribution >= 4 is 11.9 Å². The third-order valence-corrected chi connectivity index (χ3v) is 15.8. The van der Waals surface area contributed by atoms with Gasteiger partial charge in [-0.25, -0.2) is 0 Å². The van der Waals surface area contributed by atoms with Crippen LogP contribution in [0.5, 0.6) is 0 Å². The van der Waals surface area contributed by atoms with Crippen molar-refractivity contribution < 1.29 is 24.5 Å². The Morgan fingerprint density at radius 3 is 0.973 bits per heavy atom. The monoisotopic (exact) mass is 1030 g/mol. The van der Waals surface area contributed by atoms with Crippen LogP contribution in [0.3, 0.4) is 0 Å². The molecule has 0 fully saturated rings. The van der Waals surface area contributed by atoms with E-state index in [0.29, 0.717) is 25.9 Å². The lowest BCUT2D eigenvalue weighted by Gasteiger charge is -2.22. The number of carbonyl (C=O) groups excluding carboxylic acids is 2. The summed E-state index contributed by atoms with van der Waals surface area (Å²) >= 11 is 0. The number of ether oxygens (including phenoxy) is 1. The highest BCUT2D eigenvalue weighted by Crippen LogP contribution is 2.19. The molecule has 0 bridgehead atoms. The Bertz CT molecular complexity index is 1100. The minimum Gasteiger partial charge on any atom is -0.466 e. The predicted octanol–water partition coefficient (Wildman–Crippen LogP) is 21.2. The molecule has 0 heterocycles. The molecule has 2 atom stereocenters. The van der Waals surface area contributed by atoms with Crippen molar-refractivity contribution in [3.05, 3.63) is 12.2 Å². The molecule has 0 spiro atoms. The first-order chi connectivity index (χ1) is 36.0. The summed E-state index contributed by atoms with van der Waals surface area (Å²) in [5, 5.41) is 23.2. The number of hydrogen-bond donors (Lipinski definition) is 3. The van der Waals surface area contributed by atoms with Gasteiger partial charge < -0.3 is 20.3 Å². The van der Waals surface area contributed by atoms with Gasteiger partial charge in [-0.15, -0.1) is 0 Å². The van der Waals surface area contributed by atoms with Crippen molar-refractivity contribution in [2.24, 2.45) is 0 Å². The van der Waals surface area contributed by atoms with E-state index in [9.17, 15) is 19.8 Å². The van der Waals surface area contributed by atoms with E-state index in [2.05, 4.69) is 31.3 Å². The fourth-order valence-electron chi connectivity index (χ4n) is 10.7. The smallest absolute Gasteiger partial charge is 0.305 e. The van der Waals surface area contributed by atoms with Gasteiger partial charge in [0.2, 0.25) is 5.91 Å². The highest BCUT2D eigenvalue weighted by Gasteiger charge is 2.20. The lowest BCUT2D eigenvalue weighted by molar-refractivity contribution is -0.143. The maximum absolute atomic E-state index is 12.4. The van der Waals surface area contributed by atoms with Crippen molar-refractivity contribution in [1.29, 1.82) is 0 Å². The molecule has 0 aliphatic heterocycles. The van der Waals surface area contributed by atoms with Crippen LogP contribution in [0, 0.1) is 0 Å². The number of unbranched alkanes of at least 4 members (excludes halogenated alkanes) is 50. The van der Waals surface area contributed by atoms with Crippen LogP contribution in [0.15, 0.2) is 12.2 Å². The summed E-state index contributed by atoms with van der Waals surface area (Å²) in [5.74, 6) is -0.0170. The summed E-state index contributed by atoms with van der Waals surface area (Å²) in [6.45, 7) is 4.96. The SMILES string of the molecule is CCCCCCC/C=C\CCCCCCCC(=O)OCCCCCCCCCCCCCCCCCCCCCCCCCCCCCCCCCCC(=O)NC(CO)C(O)CCCCCCCCCCCC. The molecule has 0 radical (unpaired) electrons. The molecular weight excluding hydrogens is 899 g/mol. The molecule has 6 nitrogen and oxygen atoms in total. The Morgan fingerprint density at radius 1 is 0.370 bits per heavy atom. The minimum absolute atomic E-state index is 0.0132. The molecule has 73 heavy (non-hydrogen) atoms. The van der Waals surface area contributed by atoms with Crippen molar-refractivity contribution in [2.45, 2.75) is 392 Å². The third-order valence-electron chi connectivity index (χ3n) is 15.8. The van der Waals surface area contributed by atoms with Crippen LogP contribution in [0.1, 0.15) is 380 Å². The second-order valence-corrected chi connectivity index (χ2v) is 23.2. The minimum atomic E-state index is -0.658. The van der Waals surface area contributed by atoms with Gasteiger partial charge in [0, 0.05) is 12.8 Å². The summed E-state index contributed by atoms with van der Waals surface area (Å²) in [6, 6.07) is -0.535. The van der Waals surface area contributed by atoms with Crippen molar-refractivity contribution in [3.8, 4) is 0 Å². The van der Waals surface area contributed by atoms with Gasteiger partial charge in [0.1, 0.15) is 0 Å². The number of hydrogen-bond acceptors (Lipinski definition) is 5. The molecule has 1 amide bonds. The number of aliphatic hydroxyl groups is 2. The van der Waals surface area contributed by atoms with Crippen LogP contribution in [0.2, 0.25) is 0 Å². The maximum Gasteiger partial charge on any atom is 0.305 e. The highest BCUT2D eigenvalue weighted by molar-refractivity contribution is 5.76. The second kappa shape index (κ2) is 63.1. The third kappa shape index (κ3) is 59.7. The number of nitrogens with one attached hydrogen (secondary N) is 1. The standard InChI is InChI=1S/C67H131NO5/c1-3-5-7-9-11-13-15-16-38-41-45-49-53-57-61-67(72)73-62-58-54-50-46-42-39-36-34-32-30-28-26-24-22-20-18-17-19-21-23-25-27-29-31-33-35-37-40-44-48-52-56-60-66(71)68-64(63-69)65(70)59-55-51-47-43-14-12-10-8-6-4-2/h15-16,64-65,69-70H,3-14,17-63H2,1-2H3,(H,68,71)/b16-15-. The Hall–Kier alpha value is -1.40. The Kier molecular flexibility index (Phi) is 61.9. The first kappa shape index (κ1) is 71.6. The zero-order valence-electron chi connectivity index (χ0n) is 49.6. The molecule has 0 saturated heterocycles. The van der Waals surface area contributed by atoms with Crippen LogP contribution in [-0.4, -0.2) is 47.4 Å². The number of aliphatic hydroxyl groups excluding tert-OH is 2. The van der Waals surface area contributed by atoms with Crippen molar-refractivity contribution in [3.63, 3.8) is 0 Å². The van der Waals surface area contributed by atoms with Crippen LogP contribution >= 0.6 is 0 Å². The normalized spacial score (nSPS) is 12.5. The number of amides is 1. The first-order valence-electron chi connectivity index (χ1n) is 33.4. The molecule has 0 rings (SSSR count). The Morgan fingerprint density at radius 2 is 0.644 bits per heavy atom. The topological polar surface area (TPSA) is 95.9 Å². The molecule has 0 aliphatic carbocycles. The Labute approximate surface area is 457 Å². The molecule has 2 unspecified atom stereocenters. The quantitative estimate of drug-likeness (QED) is 0.0320. The van der Waals surface area contributed by atoms with E-state index >= 15 is 0 Å². The van der Waals surface area contributed by atoms with Crippen LogP contribution in [0.4, 0.5) is 0 Å². The van der Waals surface area contributed by atoms with Gasteiger partial charge in [-0.2, -0.15) is 0 Å². The fourth-order valence-corrected chi connectivity index (χ4v) is 10.7. The van der Waals surface area contributed by atoms with Gasteiger partial charge >= 0.3 is 5.97 Å². The summed E-state index contributed by atoms with van der Waals surface area (Å²) < 4.78 is 5.49. The van der Waals surface area contributed by atoms with Crippen LogP contribution in [-0.2, 0) is 14.3 Å². The molecule has 0 saturated carbocycles. The number of esters is 1. The number of rotatable bonds is 63. The molecule has 0 aromatic heterocycles. The first-order valence-corrected chi connectivity index (χ1v) is 33.4. The van der Waals surface area contributed by atoms with Crippen LogP contribution in [0.25, 0.3) is 0 Å². The van der Waals surface area contributed by atoms with E-state index in [-0.39, 0.29) is 18.5 Å². The number of carbonyl (C=O) groups is 2. The molecule has 3 N–H and O–H groups in total. The average molecular weight is 1030 g/mol. The molecule has 434 valence electrons. The van der Waals surface area contributed by atoms with Crippen molar-refractivity contribution in [1.82, 2.24) is 5.32 Å². The van der Waals surface area contributed by atoms with Gasteiger partial charge in [-0.1, -0.05) is 328 Å². The summed E-state index contributed by atoms with van der Waals surface area (Å²) in [6.07, 6.45) is 76.9. The summed E-state index contributed by atoms with van der Waals surface area (Å²) in [5.41, 5.74) is 0. The molecule has 0 aliphatic rings. The molecular formula is C67H131NO5. The van der Waals surface area contributed by atoms with Gasteiger partial charge in [-0.3, -0.25) is 9.59 Å². The van der Waals surface area contributed by atoms with Crippen LogP contribution < -0.4 is 5.32 Å². The lowest BCUT2D eigenvalue weighted by Crippen LogP contribution is -2.45. The van der Waals surface area contributed by atoms with E-state index in [1.807, 2.05) is 0 Å². The van der Waals surface area contributed by atoms with Gasteiger partial charge in [-0.05, 0) is 51.4 Å². The molecule has 6 heteroatoms. The molecule has 0 aromatic rings. The van der Waals surface area contributed by atoms with Gasteiger partial charge in [0.05, 0.1) is 25.4 Å². The second-order valence-electron chi connectivity index (χ2n) is 23.2. The zero-order chi connectivity index (χ0) is 52.9. The average Bonchev–Trinajstić information content (AvgIpc) is 3.39. The maximum atomic E-state index is 12.4. The van der Waals surface area contributed by atoms with Crippen molar-refractivity contribution in [2.75, 3.05) is 13.2 Å². The molecule has 0 aromatic carbocycles. The summed E-state index contributed by atoms with van der Waals surface area (Å²) in [4.78, 5) is 24.5. The zero-order valence-corrected chi connectivity index (χ0v) is 49.6. The number of allylic oxidation sites excluding steroid dienone is 2. The van der Waals surface area contributed by atoms with E-state index < -0.39 is 12.1 Å². The Balaban J connectivity index is 3.29. The highest BCUT2D eigenvalue weighted by atomic mass is 16.5. The fraction of sp³-hybridized carbons (Fsp3) is 0.940. The van der Waals surface area contributed by atoms with E-state index in [1.54, 1.807) is 0 Å². The predicted molar refractivity (Wildman–Crippen MR) is 320 cm³/mol.